The molecule has 0 aromatic heterocycles. The average Bonchev–Trinajstić information content (AvgIpc) is 3.43. The summed E-state index contributed by atoms with van der Waals surface area (Å²) in [5.41, 5.74) is 0. The van der Waals surface area contributed by atoms with Gasteiger partial charge in [-0.15, -0.1) is 0 Å². The SMILES string of the molecule is CCCN1[C@@H]2OC(C3O[C@H]4[C@H](O3)N(CCC)S(=O)(=O)N4CCC)O[C@@H]2N(CCC)S1(=O)=O. The van der Waals surface area contributed by atoms with E-state index in [4.69, 9.17) is 18.9 Å². The van der Waals surface area contributed by atoms with Gasteiger partial charge in [0.1, 0.15) is 0 Å². The van der Waals surface area contributed by atoms with Gasteiger partial charge in [0.25, 0.3) is 20.4 Å². The molecular formula is C18H34N4O8S2. The Kier molecular flexibility index (Phi) is 7.19. The summed E-state index contributed by atoms with van der Waals surface area (Å²) in [6, 6.07) is 0. The van der Waals surface area contributed by atoms with Crippen molar-refractivity contribution in [3.05, 3.63) is 0 Å². The smallest absolute Gasteiger partial charge is 0.286 e. The maximum absolute atomic E-state index is 12.9. The van der Waals surface area contributed by atoms with Crippen LogP contribution in [-0.2, 0) is 39.4 Å². The largest absolute Gasteiger partial charge is 0.324 e. The zero-order chi connectivity index (χ0) is 23.3. The normalized spacial score (nSPS) is 37.9. The Hall–Kier alpha value is -0.420. The first kappa shape index (κ1) is 24.7. The fourth-order valence-corrected chi connectivity index (χ4v) is 8.48. The van der Waals surface area contributed by atoms with Crippen molar-refractivity contribution < 1.29 is 35.8 Å². The summed E-state index contributed by atoms with van der Waals surface area (Å²) in [6.07, 6.45) is -2.62. The first-order chi connectivity index (χ1) is 15.2. The van der Waals surface area contributed by atoms with Gasteiger partial charge in [-0.1, -0.05) is 27.7 Å². The highest BCUT2D eigenvalue weighted by molar-refractivity contribution is 7.87. The van der Waals surface area contributed by atoms with E-state index in [2.05, 4.69) is 0 Å². The summed E-state index contributed by atoms with van der Waals surface area (Å²) < 4.78 is 81.0. The van der Waals surface area contributed by atoms with Gasteiger partial charge >= 0.3 is 0 Å². The lowest BCUT2D eigenvalue weighted by molar-refractivity contribution is -0.237. The van der Waals surface area contributed by atoms with E-state index in [1.54, 1.807) is 0 Å². The van der Waals surface area contributed by atoms with E-state index < -0.39 is 57.9 Å². The molecule has 5 atom stereocenters. The third kappa shape index (κ3) is 3.82. The zero-order valence-electron chi connectivity index (χ0n) is 19.0. The number of hydrogen-bond donors (Lipinski definition) is 0. The summed E-state index contributed by atoms with van der Waals surface area (Å²) in [7, 11) is -7.36. The molecule has 0 aliphatic carbocycles. The lowest BCUT2D eigenvalue weighted by atomic mass is 10.4. The molecule has 14 heteroatoms. The predicted octanol–water partition coefficient (Wildman–Crippen LogP) is 0.401. The summed E-state index contributed by atoms with van der Waals surface area (Å²) in [6.45, 7) is 8.83. The molecule has 4 rings (SSSR count). The first-order valence-corrected chi connectivity index (χ1v) is 14.2. The molecule has 0 radical (unpaired) electrons. The quantitative estimate of drug-likeness (QED) is 0.448. The highest BCUT2D eigenvalue weighted by Gasteiger charge is 2.63. The van der Waals surface area contributed by atoms with Crippen LogP contribution < -0.4 is 0 Å². The number of rotatable bonds is 9. The standard InChI is InChI=1S/C18H34N4O8S2/c1-5-9-19-13-14(20(10-6-2)31(19,23)24)28-17(27-13)18-29-15-16(30-18)22(12-8-4)32(25,26)21(15)11-7-3/h13-18H,5-12H2,1-4H3/t13-,14-,15-,16+,18?/m0/s1. The number of ether oxygens (including phenoxy) is 4. The molecule has 4 heterocycles. The minimum Gasteiger partial charge on any atom is -0.324 e. The molecule has 0 amide bonds. The van der Waals surface area contributed by atoms with Crippen LogP contribution in [0, 0.1) is 0 Å². The third-order valence-electron chi connectivity index (χ3n) is 5.90. The Labute approximate surface area is 190 Å². The first-order valence-electron chi connectivity index (χ1n) is 11.4. The van der Waals surface area contributed by atoms with Crippen LogP contribution in [0.5, 0.6) is 0 Å². The highest BCUT2D eigenvalue weighted by Crippen LogP contribution is 2.42. The van der Waals surface area contributed by atoms with E-state index in [1.807, 2.05) is 27.7 Å². The molecule has 4 aliphatic rings. The van der Waals surface area contributed by atoms with Crippen molar-refractivity contribution in [2.24, 2.45) is 0 Å². The minimum atomic E-state index is -3.68. The van der Waals surface area contributed by atoms with Crippen LogP contribution in [-0.4, -0.2) is 97.7 Å². The summed E-state index contributed by atoms with van der Waals surface area (Å²) in [4.78, 5) is 0. The summed E-state index contributed by atoms with van der Waals surface area (Å²) in [5, 5.41) is 0. The van der Waals surface area contributed by atoms with Crippen molar-refractivity contribution in [2.45, 2.75) is 90.9 Å². The fraction of sp³-hybridized carbons (Fsp3) is 1.00. The topological polar surface area (TPSA) is 118 Å². The van der Waals surface area contributed by atoms with Crippen LogP contribution in [0.1, 0.15) is 53.4 Å². The molecule has 32 heavy (non-hydrogen) atoms. The monoisotopic (exact) mass is 498 g/mol. The van der Waals surface area contributed by atoms with E-state index in [0.717, 1.165) is 0 Å². The second-order valence-electron chi connectivity index (χ2n) is 8.30. The van der Waals surface area contributed by atoms with Gasteiger partial charge < -0.3 is 18.9 Å². The Morgan fingerprint density at radius 3 is 0.906 bits per heavy atom. The average molecular weight is 499 g/mol. The molecule has 186 valence electrons. The molecule has 4 aliphatic heterocycles. The zero-order valence-corrected chi connectivity index (χ0v) is 20.6. The fourth-order valence-electron chi connectivity index (χ4n) is 4.63. The minimum absolute atomic E-state index is 0.310. The van der Waals surface area contributed by atoms with E-state index in [9.17, 15) is 16.8 Å². The van der Waals surface area contributed by atoms with Crippen molar-refractivity contribution >= 4 is 20.4 Å². The van der Waals surface area contributed by atoms with Crippen LogP contribution in [0.25, 0.3) is 0 Å². The lowest BCUT2D eigenvalue weighted by Crippen LogP contribution is -2.43. The Morgan fingerprint density at radius 2 is 0.719 bits per heavy atom. The second-order valence-corrected chi connectivity index (χ2v) is 12.0. The van der Waals surface area contributed by atoms with Crippen molar-refractivity contribution in [3.63, 3.8) is 0 Å². The van der Waals surface area contributed by atoms with E-state index in [1.165, 1.54) is 17.2 Å². The lowest BCUT2D eigenvalue weighted by Gasteiger charge is -2.27. The molecule has 12 nitrogen and oxygen atoms in total. The van der Waals surface area contributed by atoms with Gasteiger partial charge in [0.2, 0.25) is 12.6 Å². The van der Waals surface area contributed by atoms with E-state index >= 15 is 0 Å². The molecule has 4 fully saturated rings. The molecule has 4 saturated heterocycles. The van der Waals surface area contributed by atoms with Gasteiger partial charge in [-0.2, -0.15) is 34.1 Å². The van der Waals surface area contributed by atoms with Crippen LogP contribution in [0.15, 0.2) is 0 Å². The van der Waals surface area contributed by atoms with Gasteiger partial charge in [0.15, 0.2) is 24.9 Å². The van der Waals surface area contributed by atoms with Crippen molar-refractivity contribution in [1.82, 2.24) is 17.2 Å². The maximum atomic E-state index is 12.9. The maximum Gasteiger partial charge on any atom is 0.286 e. The summed E-state index contributed by atoms with van der Waals surface area (Å²) >= 11 is 0. The number of nitrogens with zero attached hydrogens (tertiary/aromatic N) is 4. The molecule has 0 aromatic carbocycles. The van der Waals surface area contributed by atoms with Gasteiger partial charge in [-0.05, 0) is 25.7 Å². The number of fused-ring (bicyclic) bond motifs is 2. The molecule has 0 saturated carbocycles. The highest BCUT2D eigenvalue weighted by atomic mass is 32.2. The Bertz CT molecular complexity index is 759. The van der Waals surface area contributed by atoms with Gasteiger partial charge in [0.05, 0.1) is 0 Å². The van der Waals surface area contributed by atoms with Crippen LogP contribution in [0.3, 0.4) is 0 Å². The van der Waals surface area contributed by atoms with Gasteiger partial charge in [0, 0.05) is 26.2 Å². The summed E-state index contributed by atoms with van der Waals surface area (Å²) in [5.74, 6) is 0. The predicted molar refractivity (Wildman–Crippen MR) is 113 cm³/mol. The molecule has 0 N–H and O–H groups in total. The van der Waals surface area contributed by atoms with Crippen LogP contribution >= 0.6 is 0 Å². The van der Waals surface area contributed by atoms with Crippen LogP contribution in [0.4, 0.5) is 0 Å². The Morgan fingerprint density at radius 1 is 0.500 bits per heavy atom. The third-order valence-corrected chi connectivity index (χ3v) is 9.83. The second kappa shape index (κ2) is 9.32. The Balaban J connectivity index is 1.53. The van der Waals surface area contributed by atoms with Crippen LogP contribution in [0.2, 0.25) is 0 Å². The van der Waals surface area contributed by atoms with Gasteiger partial charge in [-0.25, -0.2) is 0 Å². The molecule has 0 spiro atoms. The van der Waals surface area contributed by atoms with E-state index in [-0.39, 0.29) is 0 Å². The van der Waals surface area contributed by atoms with Crippen molar-refractivity contribution in [1.29, 1.82) is 0 Å². The number of hydrogen-bond acceptors (Lipinski definition) is 8. The molecule has 0 aromatic rings. The van der Waals surface area contributed by atoms with Crippen molar-refractivity contribution in [3.8, 4) is 0 Å². The molecule has 0 bridgehead atoms. The van der Waals surface area contributed by atoms with E-state index in [0.29, 0.717) is 51.9 Å². The molecular weight excluding hydrogens is 464 g/mol. The van der Waals surface area contributed by atoms with Crippen molar-refractivity contribution in [2.75, 3.05) is 26.2 Å². The molecule has 1 unspecified atom stereocenters. The van der Waals surface area contributed by atoms with Gasteiger partial charge in [-0.3, -0.25) is 0 Å².